The zero-order valence-electron chi connectivity index (χ0n) is 16.2. The van der Waals surface area contributed by atoms with Gasteiger partial charge in [-0.25, -0.2) is 4.79 Å². The largest absolute Gasteiger partial charge is 0.492 e. The molecule has 3 atom stereocenters. The van der Waals surface area contributed by atoms with Crippen molar-refractivity contribution in [3.8, 4) is 5.75 Å². The Labute approximate surface area is 177 Å². The molecule has 168 valence electrons. The van der Waals surface area contributed by atoms with Crippen LogP contribution in [0.3, 0.4) is 0 Å². The van der Waals surface area contributed by atoms with Gasteiger partial charge in [0, 0.05) is 56.4 Å². The van der Waals surface area contributed by atoms with Crippen LogP contribution in [0.4, 0.5) is 13.2 Å². The lowest BCUT2D eigenvalue weighted by molar-refractivity contribution is -0.192. The number of carbonyl (C=O) groups is 1. The van der Waals surface area contributed by atoms with E-state index in [-0.39, 0.29) is 0 Å². The number of carboxylic acids is 1. The summed E-state index contributed by atoms with van der Waals surface area (Å²) >= 11 is 5.95. The molecule has 0 radical (unpaired) electrons. The SMILES string of the molecule is Clc1cncc(OC[C@@H]2CO[C@@H]3CN(C4CCOCC4)C[C@H]23)c1.O=C(O)C(F)(F)F. The minimum absolute atomic E-state index is 0.365. The quantitative estimate of drug-likeness (QED) is 0.752. The molecule has 4 heterocycles. The van der Waals surface area contributed by atoms with E-state index >= 15 is 0 Å². The first-order valence-electron chi connectivity index (χ1n) is 9.71. The first-order chi connectivity index (χ1) is 14.2. The van der Waals surface area contributed by atoms with Crippen LogP contribution in [0.5, 0.6) is 5.75 Å². The summed E-state index contributed by atoms with van der Waals surface area (Å²) in [4.78, 5) is 15.6. The van der Waals surface area contributed by atoms with Gasteiger partial charge in [-0.2, -0.15) is 13.2 Å². The van der Waals surface area contributed by atoms with Gasteiger partial charge in [0.05, 0.1) is 30.5 Å². The highest BCUT2D eigenvalue weighted by Crippen LogP contribution is 2.36. The van der Waals surface area contributed by atoms with E-state index in [1.807, 2.05) is 6.07 Å². The fourth-order valence-corrected chi connectivity index (χ4v) is 4.19. The van der Waals surface area contributed by atoms with E-state index in [1.165, 1.54) is 0 Å². The number of alkyl halides is 3. The molecule has 30 heavy (non-hydrogen) atoms. The van der Waals surface area contributed by atoms with E-state index in [2.05, 4.69) is 9.88 Å². The minimum atomic E-state index is -5.08. The molecule has 1 aromatic rings. The Hall–Kier alpha value is -1.62. The zero-order valence-corrected chi connectivity index (χ0v) is 16.9. The monoisotopic (exact) mass is 452 g/mol. The molecule has 0 bridgehead atoms. The molecular weight excluding hydrogens is 429 g/mol. The second-order valence-electron chi connectivity index (χ2n) is 7.55. The van der Waals surface area contributed by atoms with Crippen LogP contribution in [-0.2, 0) is 14.3 Å². The average molecular weight is 453 g/mol. The second kappa shape index (κ2) is 10.1. The van der Waals surface area contributed by atoms with Crippen molar-refractivity contribution in [3.05, 3.63) is 23.5 Å². The molecule has 0 spiro atoms. The molecule has 11 heteroatoms. The normalized spacial score (nSPS) is 27.3. The summed E-state index contributed by atoms with van der Waals surface area (Å²) < 4.78 is 49.1. The number of ether oxygens (including phenoxy) is 3. The third-order valence-electron chi connectivity index (χ3n) is 5.56. The molecule has 0 amide bonds. The van der Waals surface area contributed by atoms with Crippen LogP contribution in [0.2, 0.25) is 5.02 Å². The Kier molecular flexibility index (Phi) is 7.78. The molecule has 3 aliphatic heterocycles. The summed E-state index contributed by atoms with van der Waals surface area (Å²) in [5.74, 6) is -0.999. The molecule has 3 aliphatic rings. The highest BCUT2D eigenvalue weighted by atomic mass is 35.5. The van der Waals surface area contributed by atoms with E-state index in [1.54, 1.807) is 12.4 Å². The predicted molar refractivity (Wildman–Crippen MR) is 101 cm³/mol. The van der Waals surface area contributed by atoms with Crippen molar-refractivity contribution in [1.82, 2.24) is 9.88 Å². The van der Waals surface area contributed by atoms with Crippen molar-refractivity contribution in [3.63, 3.8) is 0 Å². The van der Waals surface area contributed by atoms with E-state index in [0.717, 1.165) is 51.5 Å². The molecule has 3 fully saturated rings. The van der Waals surface area contributed by atoms with Gasteiger partial charge in [-0.1, -0.05) is 11.6 Å². The summed E-state index contributed by atoms with van der Waals surface area (Å²) in [5, 5.41) is 7.73. The molecule has 0 unspecified atom stereocenters. The van der Waals surface area contributed by atoms with Gasteiger partial charge in [-0.05, 0) is 12.8 Å². The molecule has 0 saturated carbocycles. The van der Waals surface area contributed by atoms with Crippen molar-refractivity contribution >= 4 is 17.6 Å². The van der Waals surface area contributed by atoms with Gasteiger partial charge >= 0.3 is 12.1 Å². The maximum Gasteiger partial charge on any atom is 0.490 e. The van der Waals surface area contributed by atoms with E-state index in [9.17, 15) is 13.2 Å². The van der Waals surface area contributed by atoms with Gasteiger partial charge in [-0.3, -0.25) is 9.88 Å². The highest BCUT2D eigenvalue weighted by molar-refractivity contribution is 6.30. The van der Waals surface area contributed by atoms with Crippen molar-refractivity contribution in [2.75, 3.05) is 39.5 Å². The first-order valence-corrected chi connectivity index (χ1v) is 10.1. The Morgan fingerprint density at radius 2 is 2.00 bits per heavy atom. The van der Waals surface area contributed by atoms with Gasteiger partial charge in [-0.15, -0.1) is 0 Å². The lowest BCUT2D eigenvalue weighted by Crippen LogP contribution is -2.39. The van der Waals surface area contributed by atoms with Crippen molar-refractivity contribution < 1.29 is 37.3 Å². The van der Waals surface area contributed by atoms with E-state index in [0.29, 0.717) is 35.6 Å². The van der Waals surface area contributed by atoms with Crippen LogP contribution >= 0.6 is 11.6 Å². The smallest absolute Gasteiger partial charge is 0.490 e. The lowest BCUT2D eigenvalue weighted by Gasteiger charge is -2.31. The summed E-state index contributed by atoms with van der Waals surface area (Å²) in [7, 11) is 0. The highest BCUT2D eigenvalue weighted by Gasteiger charge is 2.45. The number of nitrogens with zero attached hydrogens (tertiary/aromatic N) is 2. The third kappa shape index (κ3) is 6.19. The number of aliphatic carboxylic acids is 1. The van der Waals surface area contributed by atoms with Crippen LogP contribution in [0.15, 0.2) is 18.5 Å². The van der Waals surface area contributed by atoms with Gasteiger partial charge in [0.1, 0.15) is 5.75 Å². The predicted octanol–water partition coefficient (Wildman–Crippen LogP) is 2.87. The number of rotatable bonds is 4. The van der Waals surface area contributed by atoms with Crippen molar-refractivity contribution in [2.45, 2.75) is 31.2 Å². The summed E-state index contributed by atoms with van der Waals surface area (Å²) in [5.41, 5.74) is 0. The molecule has 0 aromatic carbocycles. The Morgan fingerprint density at radius 3 is 2.63 bits per heavy atom. The standard InChI is InChI=1S/C17H23ClN2O3.C2HF3O2/c18-13-5-15(7-19-6-13)22-10-12-11-23-17-9-20(8-16(12)17)14-1-3-21-4-2-14;3-2(4,5)1(6)7/h5-7,12,14,16-17H,1-4,8-11H2;(H,6,7)/t12-,16-,17-;/m1./s1. The average Bonchev–Trinajstić information content (AvgIpc) is 3.28. The van der Waals surface area contributed by atoms with Crippen molar-refractivity contribution in [1.29, 1.82) is 0 Å². The van der Waals surface area contributed by atoms with E-state index in [4.69, 9.17) is 35.7 Å². The van der Waals surface area contributed by atoms with Crippen molar-refractivity contribution in [2.24, 2.45) is 11.8 Å². The Bertz CT molecular complexity index is 718. The Morgan fingerprint density at radius 1 is 1.30 bits per heavy atom. The van der Waals surface area contributed by atoms with Crippen LogP contribution in [-0.4, -0.2) is 78.8 Å². The minimum Gasteiger partial charge on any atom is -0.492 e. The fourth-order valence-electron chi connectivity index (χ4n) is 4.02. The zero-order chi connectivity index (χ0) is 21.7. The summed E-state index contributed by atoms with van der Waals surface area (Å²) in [6.45, 7) is 5.44. The number of carboxylic acid groups (broad SMARTS) is 1. The van der Waals surface area contributed by atoms with Crippen LogP contribution in [0, 0.1) is 11.8 Å². The molecule has 3 saturated heterocycles. The first kappa shape index (κ1) is 23.1. The number of pyridine rings is 1. The fraction of sp³-hybridized carbons (Fsp3) is 0.684. The van der Waals surface area contributed by atoms with Crippen LogP contribution in [0.25, 0.3) is 0 Å². The number of hydrogen-bond donors (Lipinski definition) is 1. The number of aromatic nitrogens is 1. The Balaban J connectivity index is 0.000000318. The van der Waals surface area contributed by atoms with Crippen LogP contribution in [0.1, 0.15) is 12.8 Å². The summed E-state index contributed by atoms with van der Waals surface area (Å²) in [6, 6.07) is 2.47. The van der Waals surface area contributed by atoms with Crippen LogP contribution < -0.4 is 4.74 Å². The van der Waals surface area contributed by atoms with Gasteiger partial charge in [0.15, 0.2) is 0 Å². The molecule has 1 aromatic heterocycles. The van der Waals surface area contributed by atoms with Gasteiger partial charge < -0.3 is 19.3 Å². The molecule has 7 nitrogen and oxygen atoms in total. The van der Waals surface area contributed by atoms with Gasteiger partial charge in [0.2, 0.25) is 0 Å². The number of likely N-dealkylation sites (tertiary alicyclic amines) is 1. The maximum atomic E-state index is 10.6. The second-order valence-corrected chi connectivity index (χ2v) is 7.98. The van der Waals surface area contributed by atoms with Gasteiger partial charge in [0.25, 0.3) is 0 Å². The lowest BCUT2D eigenvalue weighted by atomic mass is 9.94. The topological polar surface area (TPSA) is 81.1 Å². The molecule has 4 rings (SSSR count). The number of fused-ring (bicyclic) bond motifs is 1. The molecule has 1 N–H and O–H groups in total. The number of halogens is 4. The third-order valence-corrected chi connectivity index (χ3v) is 5.77. The number of hydrogen-bond acceptors (Lipinski definition) is 6. The van der Waals surface area contributed by atoms with E-state index < -0.39 is 12.1 Å². The molecular formula is C19H24ClF3N2O5. The maximum absolute atomic E-state index is 10.6. The molecule has 0 aliphatic carbocycles. The summed E-state index contributed by atoms with van der Waals surface area (Å²) in [6.07, 6.45) is 0.904.